The van der Waals surface area contributed by atoms with Crippen molar-refractivity contribution in [3.05, 3.63) is 58.6 Å². The highest BCUT2D eigenvalue weighted by molar-refractivity contribution is 6.30. The molecular weight excluding hydrogens is 389 g/mol. The average Bonchev–Trinajstić information content (AvgIpc) is 2.67. The number of hydrogen-bond donors (Lipinski definition) is 3. The fourth-order valence-electron chi connectivity index (χ4n) is 2.15. The number of carbonyl (C=O) groups excluding carboxylic acids is 2. The molecule has 0 aliphatic rings. The zero-order valence-electron chi connectivity index (χ0n) is 15.2. The molecule has 1 atom stereocenters. The van der Waals surface area contributed by atoms with Gasteiger partial charge < -0.3 is 20.5 Å². The number of amides is 2. The maximum absolute atomic E-state index is 13.3. The molecule has 0 unspecified atom stereocenters. The van der Waals surface area contributed by atoms with E-state index in [0.717, 1.165) is 11.6 Å². The van der Waals surface area contributed by atoms with Crippen LogP contribution in [0.5, 0.6) is 5.75 Å². The highest BCUT2D eigenvalue weighted by Crippen LogP contribution is 2.20. The smallest absolute Gasteiger partial charge is 0.269 e. The summed E-state index contributed by atoms with van der Waals surface area (Å²) in [7, 11) is 0. The third kappa shape index (κ3) is 7.13. The Morgan fingerprint density at radius 3 is 2.75 bits per heavy atom. The molecule has 2 amide bonds. The first-order valence-electron chi connectivity index (χ1n) is 8.58. The van der Waals surface area contributed by atoms with E-state index < -0.39 is 17.8 Å². The Labute approximate surface area is 166 Å². The topological polar surface area (TPSA) is 101 Å². The van der Waals surface area contributed by atoms with Crippen molar-refractivity contribution in [1.82, 2.24) is 15.6 Å². The van der Waals surface area contributed by atoms with Gasteiger partial charge in [-0.1, -0.05) is 17.7 Å². The number of hydrogen-bond acceptors (Lipinski definition) is 5. The lowest BCUT2D eigenvalue weighted by Crippen LogP contribution is -2.36. The Kier molecular flexibility index (Phi) is 8.16. The van der Waals surface area contributed by atoms with Gasteiger partial charge in [0.05, 0.1) is 11.1 Å². The summed E-state index contributed by atoms with van der Waals surface area (Å²) in [6.07, 6.45) is 0.991. The number of rotatable bonds is 9. The lowest BCUT2D eigenvalue weighted by Gasteiger charge is -2.13. The minimum Gasteiger partial charge on any atom is -0.484 e. The van der Waals surface area contributed by atoms with Crippen molar-refractivity contribution in [2.45, 2.75) is 19.4 Å². The summed E-state index contributed by atoms with van der Waals surface area (Å²) < 4.78 is 18.4. The lowest BCUT2D eigenvalue weighted by molar-refractivity contribution is -0.123. The van der Waals surface area contributed by atoms with Crippen LogP contribution in [0.2, 0.25) is 5.02 Å². The summed E-state index contributed by atoms with van der Waals surface area (Å²) in [5, 5.41) is 15.0. The molecule has 0 aliphatic carbocycles. The van der Waals surface area contributed by atoms with Gasteiger partial charge in [-0.2, -0.15) is 0 Å². The number of benzene rings is 1. The molecule has 0 saturated heterocycles. The predicted octanol–water partition coefficient (Wildman–Crippen LogP) is 1.86. The highest BCUT2D eigenvalue weighted by Gasteiger charge is 2.11. The molecule has 150 valence electrons. The number of ether oxygens (including phenoxy) is 1. The van der Waals surface area contributed by atoms with E-state index in [-0.39, 0.29) is 48.5 Å². The predicted molar refractivity (Wildman–Crippen MR) is 102 cm³/mol. The van der Waals surface area contributed by atoms with E-state index in [1.54, 1.807) is 18.3 Å². The standard InChI is InChI=1S/C19H21ClFN3O4/c1-12-2-5-17(23-9-12)19(27)24-10-13(25)6-7-22-18(26)11-28-14-3-4-15(20)16(21)8-14/h2-5,8-9,13,25H,6-7,10-11H2,1H3,(H,22,26)(H,24,27)/t13-/m0/s1. The van der Waals surface area contributed by atoms with E-state index in [2.05, 4.69) is 15.6 Å². The van der Waals surface area contributed by atoms with Gasteiger partial charge in [0.1, 0.15) is 17.3 Å². The van der Waals surface area contributed by atoms with Gasteiger partial charge in [0.15, 0.2) is 6.61 Å². The van der Waals surface area contributed by atoms with E-state index >= 15 is 0 Å². The molecule has 28 heavy (non-hydrogen) atoms. The molecule has 1 aromatic heterocycles. The summed E-state index contributed by atoms with van der Waals surface area (Å²) in [6, 6.07) is 7.25. The van der Waals surface area contributed by atoms with Crippen molar-refractivity contribution in [2.75, 3.05) is 19.7 Å². The molecule has 0 aliphatic heterocycles. The second-order valence-electron chi connectivity index (χ2n) is 6.09. The van der Waals surface area contributed by atoms with Gasteiger partial charge >= 0.3 is 0 Å². The molecule has 0 radical (unpaired) electrons. The molecule has 0 saturated carbocycles. The van der Waals surface area contributed by atoms with Crippen LogP contribution >= 0.6 is 11.6 Å². The number of pyridine rings is 1. The molecule has 0 fully saturated rings. The third-order valence-electron chi connectivity index (χ3n) is 3.70. The Morgan fingerprint density at radius 1 is 1.29 bits per heavy atom. The van der Waals surface area contributed by atoms with E-state index in [4.69, 9.17) is 16.3 Å². The van der Waals surface area contributed by atoms with Crippen LogP contribution in [-0.2, 0) is 4.79 Å². The van der Waals surface area contributed by atoms with Crippen LogP contribution in [0, 0.1) is 12.7 Å². The quantitative estimate of drug-likeness (QED) is 0.587. The zero-order chi connectivity index (χ0) is 20.5. The fraction of sp³-hybridized carbons (Fsp3) is 0.316. The number of aryl methyl sites for hydroxylation is 1. The van der Waals surface area contributed by atoms with Crippen LogP contribution in [-0.4, -0.2) is 47.7 Å². The molecule has 1 heterocycles. The first-order chi connectivity index (χ1) is 13.3. The number of nitrogens with one attached hydrogen (secondary N) is 2. The second-order valence-corrected chi connectivity index (χ2v) is 6.50. The molecule has 2 aromatic rings. The number of aromatic nitrogens is 1. The summed E-state index contributed by atoms with van der Waals surface area (Å²) in [6.45, 7) is 1.79. The van der Waals surface area contributed by atoms with Gasteiger partial charge in [-0.25, -0.2) is 4.39 Å². The Bertz CT molecular complexity index is 817. The molecule has 7 nitrogen and oxygen atoms in total. The molecular formula is C19H21ClFN3O4. The summed E-state index contributed by atoms with van der Waals surface area (Å²) in [5.74, 6) is -1.25. The SMILES string of the molecule is Cc1ccc(C(=O)NC[C@@H](O)CCNC(=O)COc2ccc(Cl)c(F)c2)nc1. The molecule has 0 spiro atoms. The van der Waals surface area contributed by atoms with Gasteiger partial charge in [0, 0.05) is 25.4 Å². The van der Waals surface area contributed by atoms with E-state index in [1.165, 1.54) is 12.1 Å². The first kappa shape index (κ1) is 21.6. The van der Waals surface area contributed by atoms with Crippen molar-refractivity contribution < 1.29 is 23.8 Å². The summed E-state index contributed by atoms with van der Waals surface area (Å²) in [4.78, 5) is 27.6. The van der Waals surface area contributed by atoms with Gasteiger partial charge in [0.2, 0.25) is 0 Å². The number of aliphatic hydroxyl groups excluding tert-OH is 1. The van der Waals surface area contributed by atoms with Crippen molar-refractivity contribution in [1.29, 1.82) is 0 Å². The minimum atomic E-state index is -0.832. The zero-order valence-corrected chi connectivity index (χ0v) is 16.0. The Morgan fingerprint density at radius 2 is 2.07 bits per heavy atom. The summed E-state index contributed by atoms with van der Waals surface area (Å²) in [5.41, 5.74) is 1.21. The largest absolute Gasteiger partial charge is 0.484 e. The van der Waals surface area contributed by atoms with E-state index in [1.807, 2.05) is 6.92 Å². The van der Waals surface area contributed by atoms with Crippen LogP contribution in [0.15, 0.2) is 36.5 Å². The normalized spacial score (nSPS) is 11.6. The number of nitrogens with zero attached hydrogens (tertiary/aromatic N) is 1. The molecule has 0 bridgehead atoms. The van der Waals surface area contributed by atoms with Gasteiger partial charge in [-0.15, -0.1) is 0 Å². The van der Waals surface area contributed by atoms with Crippen LogP contribution in [0.4, 0.5) is 4.39 Å². The van der Waals surface area contributed by atoms with Crippen LogP contribution in [0.1, 0.15) is 22.5 Å². The van der Waals surface area contributed by atoms with E-state index in [9.17, 15) is 19.1 Å². The van der Waals surface area contributed by atoms with Crippen molar-refractivity contribution in [3.63, 3.8) is 0 Å². The van der Waals surface area contributed by atoms with Gasteiger partial charge in [0.25, 0.3) is 11.8 Å². The monoisotopic (exact) mass is 409 g/mol. The Balaban J connectivity index is 1.62. The average molecular weight is 410 g/mol. The third-order valence-corrected chi connectivity index (χ3v) is 4.01. The molecule has 3 N–H and O–H groups in total. The van der Waals surface area contributed by atoms with Crippen molar-refractivity contribution in [2.24, 2.45) is 0 Å². The first-order valence-corrected chi connectivity index (χ1v) is 8.96. The highest BCUT2D eigenvalue weighted by atomic mass is 35.5. The second kappa shape index (κ2) is 10.6. The fourth-order valence-corrected chi connectivity index (χ4v) is 2.27. The van der Waals surface area contributed by atoms with E-state index in [0.29, 0.717) is 0 Å². The maximum Gasteiger partial charge on any atom is 0.269 e. The molecule has 1 aromatic carbocycles. The Hall–Kier alpha value is -2.71. The van der Waals surface area contributed by atoms with Gasteiger partial charge in [-0.3, -0.25) is 14.6 Å². The number of aliphatic hydroxyl groups is 1. The van der Waals surface area contributed by atoms with Crippen LogP contribution in [0.25, 0.3) is 0 Å². The maximum atomic E-state index is 13.3. The van der Waals surface area contributed by atoms with Crippen LogP contribution < -0.4 is 15.4 Å². The number of halogens is 2. The molecule has 2 rings (SSSR count). The van der Waals surface area contributed by atoms with Crippen molar-refractivity contribution >= 4 is 23.4 Å². The molecule has 9 heteroatoms. The number of carbonyl (C=O) groups is 2. The minimum absolute atomic E-state index is 0.0314. The summed E-state index contributed by atoms with van der Waals surface area (Å²) >= 11 is 5.56. The van der Waals surface area contributed by atoms with Gasteiger partial charge in [-0.05, 0) is 37.1 Å². The van der Waals surface area contributed by atoms with Crippen molar-refractivity contribution in [3.8, 4) is 5.75 Å². The van der Waals surface area contributed by atoms with Crippen LogP contribution in [0.3, 0.4) is 0 Å². The lowest BCUT2D eigenvalue weighted by atomic mass is 10.2.